The molecule has 1 aromatic heterocycles. The smallest absolute Gasteiger partial charge is 0.317 e. The summed E-state index contributed by atoms with van der Waals surface area (Å²) in [6, 6.07) is 0. The average molecular weight is 225 g/mol. The molecule has 6 heteroatoms. The number of hydrogen-bond donors (Lipinski definition) is 0. The van der Waals surface area contributed by atoms with Crippen LogP contribution in [0.4, 0.5) is 0 Å². The van der Waals surface area contributed by atoms with Crippen molar-refractivity contribution in [2.75, 3.05) is 20.7 Å². The quantitative estimate of drug-likeness (QED) is 0.567. The fourth-order valence-electron chi connectivity index (χ4n) is 1.02. The number of carbonyl (C=O) groups excluding carboxylic acids is 1. The van der Waals surface area contributed by atoms with E-state index < -0.39 is 5.91 Å². The third kappa shape index (κ3) is 2.82. The van der Waals surface area contributed by atoms with E-state index in [0.717, 1.165) is 0 Å². The maximum atomic E-state index is 11.6. The summed E-state index contributed by atoms with van der Waals surface area (Å²) in [5, 5.41) is 3.65. The van der Waals surface area contributed by atoms with Crippen molar-refractivity contribution in [3.8, 4) is 5.88 Å². The minimum atomic E-state index is -0.468. The summed E-state index contributed by atoms with van der Waals surface area (Å²) in [5.74, 6) is -0.0166. The third-order valence-corrected chi connectivity index (χ3v) is 1.76. The fourth-order valence-corrected chi connectivity index (χ4v) is 1.02. The zero-order valence-electron chi connectivity index (χ0n) is 9.85. The molecule has 1 aromatic rings. The molecule has 88 valence electrons. The van der Waals surface area contributed by atoms with Crippen LogP contribution in [0.5, 0.6) is 5.88 Å². The molecule has 0 aromatic carbocycles. The monoisotopic (exact) mass is 225 g/mol. The van der Waals surface area contributed by atoms with E-state index in [0.29, 0.717) is 18.1 Å². The molecule has 0 spiro atoms. The Balaban J connectivity index is 2.84. The molecule has 0 aliphatic carbocycles. The van der Waals surface area contributed by atoms with E-state index in [9.17, 15) is 4.79 Å². The van der Waals surface area contributed by atoms with Gasteiger partial charge in [-0.25, -0.2) is 0 Å². The lowest BCUT2D eigenvalue weighted by molar-refractivity contribution is 0.0966. The highest BCUT2D eigenvalue weighted by molar-refractivity contribution is 5.97. The summed E-state index contributed by atoms with van der Waals surface area (Å²) in [6.45, 7) is 4.02. The molecule has 0 unspecified atom stereocenters. The molecule has 0 aliphatic heterocycles. The summed E-state index contributed by atoms with van der Waals surface area (Å²) in [7, 11) is 3.55. The molecule has 6 nitrogen and oxygen atoms in total. The Morgan fingerprint density at radius 3 is 2.88 bits per heavy atom. The average Bonchev–Trinajstić information content (AvgIpc) is 2.58. The fraction of sp³-hybridized carbons (Fsp3) is 0.500. The number of aromatic nitrogens is 1. The second-order valence-electron chi connectivity index (χ2n) is 3.39. The first kappa shape index (κ1) is 12.2. The first-order valence-electron chi connectivity index (χ1n) is 4.90. The highest BCUT2D eigenvalue weighted by Crippen LogP contribution is 2.20. The van der Waals surface area contributed by atoms with Crippen molar-refractivity contribution in [1.82, 2.24) is 10.1 Å². The van der Waals surface area contributed by atoms with Crippen LogP contribution in [0.25, 0.3) is 0 Å². The lowest BCUT2D eigenvalue weighted by Gasteiger charge is -2.00. The van der Waals surface area contributed by atoms with Crippen LogP contribution in [-0.2, 0) is 0 Å². The molecule has 0 saturated heterocycles. The van der Waals surface area contributed by atoms with Gasteiger partial charge in [-0.1, -0.05) is 0 Å². The minimum Gasteiger partial charge on any atom is -0.476 e. The van der Waals surface area contributed by atoms with Crippen LogP contribution in [0.3, 0.4) is 0 Å². The van der Waals surface area contributed by atoms with Crippen molar-refractivity contribution < 1.29 is 14.1 Å². The Morgan fingerprint density at radius 1 is 1.62 bits per heavy atom. The predicted molar refractivity (Wildman–Crippen MR) is 58.9 cm³/mol. The molecule has 0 bridgehead atoms. The number of rotatable bonds is 4. The van der Waals surface area contributed by atoms with Crippen molar-refractivity contribution in [3.63, 3.8) is 0 Å². The first-order valence-corrected chi connectivity index (χ1v) is 4.90. The molecule has 0 saturated carbocycles. The Labute approximate surface area is 93.9 Å². The van der Waals surface area contributed by atoms with Crippen molar-refractivity contribution >= 4 is 12.2 Å². The van der Waals surface area contributed by atoms with Gasteiger partial charge < -0.3 is 14.2 Å². The van der Waals surface area contributed by atoms with Gasteiger partial charge in [-0.05, 0) is 19.0 Å². The SMILES string of the molecule is CCOc1noc(C(=O)N=CN(C)C)c1C. The maximum Gasteiger partial charge on any atom is 0.317 e. The number of ether oxygens (including phenoxy) is 1. The molecule has 0 atom stereocenters. The van der Waals surface area contributed by atoms with Crippen LogP contribution in [0.15, 0.2) is 9.52 Å². The second kappa shape index (κ2) is 5.29. The molecule has 1 rings (SSSR count). The summed E-state index contributed by atoms with van der Waals surface area (Å²) < 4.78 is 10.1. The van der Waals surface area contributed by atoms with E-state index in [2.05, 4.69) is 10.1 Å². The van der Waals surface area contributed by atoms with Crippen molar-refractivity contribution in [1.29, 1.82) is 0 Å². The predicted octanol–water partition coefficient (Wildman–Crippen LogP) is 1.11. The van der Waals surface area contributed by atoms with Crippen LogP contribution in [0.2, 0.25) is 0 Å². The summed E-state index contributed by atoms with van der Waals surface area (Å²) in [5.41, 5.74) is 0.572. The van der Waals surface area contributed by atoms with Crippen LogP contribution in [0, 0.1) is 6.92 Å². The van der Waals surface area contributed by atoms with Crippen molar-refractivity contribution in [3.05, 3.63) is 11.3 Å². The normalized spacial score (nSPS) is 10.8. The molecule has 1 amide bonds. The molecular weight excluding hydrogens is 210 g/mol. The van der Waals surface area contributed by atoms with Gasteiger partial charge in [0, 0.05) is 14.1 Å². The summed E-state index contributed by atoms with van der Waals surface area (Å²) >= 11 is 0. The molecule has 0 radical (unpaired) electrons. The molecule has 1 heterocycles. The van der Waals surface area contributed by atoms with Gasteiger partial charge in [0.2, 0.25) is 5.76 Å². The van der Waals surface area contributed by atoms with E-state index in [4.69, 9.17) is 9.26 Å². The van der Waals surface area contributed by atoms with Gasteiger partial charge in [-0.2, -0.15) is 4.99 Å². The molecule has 0 N–H and O–H groups in total. The van der Waals surface area contributed by atoms with Gasteiger partial charge >= 0.3 is 5.91 Å². The van der Waals surface area contributed by atoms with E-state index in [-0.39, 0.29) is 5.76 Å². The Kier molecular flexibility index (Phi) is 4.04. The zero-order chi connectivity index (χ0) is 12.1. The maximum absolute atomic E-state index is 11.6. The van der Waals surface area contributed by atoms with Crippen LogP contribution in [-0.4, -0.2) is 43.0 Å². The largest absolute Gasteiger partial charge is 0.476 e. The van der Waals surface area contributed by atoms with Crippen LogP contribution < -0.4 is 4.74 Å². The Bertz CT molecular complexity index is 396. The highest BCUT2D eigenvalue weighted by Gasteiger charge is 2.18. The van der Waals surface area contributed by atoms with Gasteiger partial charge in [0.25, 0.3) is 5.88 Å². The van der Waals surface area contributed by atoms with Crippen LogP contribution >= 0.6 is 0 Å². The lowest BCUT2D eigenvalue weighted by atomic mass is 10.3. The number of aliphatic imine (C=N–C) groups is 1. The number of amides is 1. The standard InChI is InChI=1S/C10H15N3O3/c1-5-15-10-7(2)8(16-12-10)9(14)11-6-13(3)4/h6H,5H2,1-4H3. The molecular formula is C10H15N3O3. The van der Waals surface area contributed by atoms with Gasteiger partial charge in [-0.3, -0.25) is 4.79 Å². The van der Waals surface area contributed by atoms with E-state index in [1.165, 1.54) is 6.34 Å². The van der Waals surface area contributed by atoms with E-state index in [1.807, 2.05) is 6.92 Å². The minimum absolute atomic E-state index is 0.113. The zero-order valence-corrected chi connectivity index (χ0v) is 9.85. The Hall–Kier alpha value is -1.85. The molecule has 16 heavy (non-hydrogen) atoms. The Morgan fingerprint density at radius 2 is 2.31 bits per heavy atom. The first-order chi connectivity index (χ1) is 7.56. The number of nitrogens with zero attached hydrogens (tertiary/aromatic N) is 3. The molecule has 0 aliphatic rings. The number of carbonyl (C=O) groups is 1. The van der Waals surface area contributed by atoms with Crippen molar-refractivity contribution in [2.45, 2.75) is 13.8 Å². The lowest BCUT2D eigenvalue weighted by Crippen LogP contribution is -2.09. The topological polar surface area (TPSA) is 67.9 Å². The molecule has 0 fully saturated rings. The third-order valence-electron chi connectivity index (χ3n) is 1.76. The van der Waals surface area contributed by atoms with E-state index in [1.54, 1.807) is 25.9 Å². The number of hydrogen-bond acceptors (Lipinski definition) is 4. The van der Waals surface area contributed by atoms with Crippen LogP contribution in [0.1, 0.15) is 23.0 Å². The van der Waals surface area contributed by atoms with Gasteiger partial charge in [0.05, 0.1) is 18.5 Å². The van der Waals surface area contributed by atoms with Gasteiger partial charge in [0.15, 0.2) is 0 Å². The highest BCUT2D eigenvalue weighted by atomic mass is 16.5. The second-order valence-corrected chi connectivity index (χ2v) is 3.39. The van der Waals surface area contributed by atoms with Crippen molar-refractivity contribution in [2.24, 2.45) is 4.99 Å². The summed E-state index contributed by atoms with van der Waals surface area (Å²) in [6.07, 6.45) is 1.41. The summed E-state index contributed by atoms with van der Waals surface area (Å²) in [4.78, 5) is 16.9. The van der Waals surface area contributed by atoms with E-state index >= 15 is 0 Å². The van der Waals surface area contributed by atoms with Gasteiger partial charge in [0.1, 0.15) is 0 Å². The van der Waals surface area contributed by atoms with Gasteiger partial charge in [-0.15, -0.1) is 0 Å².